The molecule has 5 nitrogen and oxygen atoms in total. The van der Waals surface area contributed by atoms with E-state index in [1.54, 1.807) is 66.7 Å². The first-order valence-electron chi connectivity index (χ1n) is 10.4. The molecule has 35 heavy (non-hydrogen) atoms. The minimum atomic E-state index is -0.135. The van der Waals surface area contributed by atoms with Crippen LogP contribution in [0, 0.1) is 11.3 Å². The van der Waals surface area contributed by atoms with Crippen molar-refractivity contribution < 1.29 is 14.3 Å². The van der Waals surface area contributed by atoms with Crippen LogP contribution in [0.15, 0.2) is 72.1 Å². The van der Waals surface area contributed by atoms with Gasteiger partial charge in [-0.3, -0.25) is 4.79 Å². The van der Waals surface area contributed by atoms with Gasteiger partial charge in [-0.2, -0.15) is 5.26 Å². The van der Waals surface area contributed by atoms with E-state index in [-0.39, 0.29) is 12.4 Å². The SMILES string of the molecule is COc1cc(C=C(C#N)c2nc(-c3ccc(Cl)cc3Cl)cs2)ccc1OCC(=O)c1ccccc1. The molecular weight excluding hydrogens is 503 g/mol. The van der Waals surface area contributed by atoms with Gasteiger partial charge in [-0.05, 0) is 42.0 Å². The van der Waals surface area contributed by atoms with Crippen LogP contribution in [0.25, 0.3) is 22.9 Å². The number of methoxy groups -OCH3 is 1. The Morgan fingerprint density at radius 2 is 1.89 bits per heavy atom. The summed E-state index contributed by atoms with van der Waals surface area (Å²) in [5, 5.41) is 13.2. The molecule has 0 saturated heterocycles. The van der Waals surface area contributed by atoms with Crippen molar-refractivity contribution in [1.82, 2.24) is 4.98 Å². The molecule has 0 spiro atoms. The molecular formula is C27H18Cl2N2O3S. The maximum atomic E-state index is 12.3. The molecule has 0 saturated carbocycles. The van der Waals surface area contributed by atoms with Crippen LogP contribution in [-0.2, 0) is 0 Å². The number of hydrogen-bond donors (Lipinski definition) is 0. The third kappa shape index (κ3) is 5.90. The van der Waals surface area contributed by atoms with E-state index >= 15 is 0 Å². The number of rotatable bonds is 8. The number of thiazole rings is 1. The van der Waals surface area contributed by atoms with E-state index in [1.165, 1.54) is 18.4 Å². The highest BCUT2D eigenvalue weighted by Gasteiger charge is 2.14. The monoisotopic (exact) mass is 520 g/mol. The maximum Gasteiger partial charge on any atom is 0.200 e. The van der Waals surface area contributed by atoms with Crippen LogP contribution in [-0.4, -0.2) is 24.5 Å². The number of ketones is 1. The molecule has 0 amide bonds. The second-order valence-corrected chi connectivity index (χ2v) is 9.02. The quantitative estimate of drug-likeness (QED) is 0.178. The fraction of sp³-hybridized carbons (Fsp3) is 0.0741. The molecule has 8 heteroatoms. The van der Waals surface area contributed by atoms with Crippen molar-refractivity contribution in [2.45, 2.75) is 0 Å². The summed E-state index contributed by atoms with van der Waals surface area (Å²) in [6.45, 7) is -0.117. The number of halogens is 2. The first-order chi connectivity index (χ1) is 17.0. The summed E-state index contributed by atoms with van der Waals surface area (Å²) >= 11 is 13.6. The third-order valence-electron chi connectivity index (χ3n) is 5.02. The van der Waals surface area contributed by atoms with E-state index in [0.29, 0.717) is 43.4 Å². The number of Topliss-reactive ketones (excluding diaryl/α,β-unsaturated/α-hetero) is 1. The van der Waals surface area contributed by atoms with Crippen LogP contribution in [0.4, 0.5) is 0 Å². The van der Waals surface area contributed by atoms with Crippen molar-refractivity contribution in [3.63, 3.8) is 0 Å². The molecule has 0 N–H and O–H groups in total. The van der Waals surface area contributed by atoms with Gasteiger partial charge in [-0.25, -0.2) is 4.98 Å². The average molecular weight is 521 g/mol. The third-order valence-corrected chi connectivity index (χ3v) is 6.44. The minimum Gasteiger partial charge on any atom is -0.493 e. The Bertz CT molecular complexity index is 1440. The van der Waals surface area contributed by atoms with Crippen molar-refractivity contribution in [2.24, 2.45) is 0 Å². The van der Waals surface area contributed by atoms with Gasteiger partial charge in [0, 0.05) is 21.5 Å². The molecule has 0 aliphatic heterocycles. The molecule has 1 aromatic heterocycles. The molecule has 0 aliphatic rings. The minimum absolute atomic E-state index is 0.117. The van der Waals surface area contributed by atoms with Crippen molar-refractivity contribution in [3.8, 4) is 28.8 Å². The lowest BCUT2D eigenvalue weighted by molar-refractivity contribution is 0.0919. The van der Waals surface area contributed by atoms with Gasteiger partial charge < -0.3 is 9.47 Å². The zero-order valence-corrected chi connectivity index (χ0v) is 20.8. The standard InChI is InChI=1S/C27H18Cl2N2O3S/c1-33-26-12-17(7-10-25(26)34-15-24(32)18-5-3-2-4-6-18)11-19(14-30)27-31-23(16-35-27)21-9-8-20(28)13-22(21)29/h2-13,16H,15H2,1H3. The average Bonchev–Trinajstić information content (AvgIpc) is 3.36. The zero-order chi connectivity index (χ0) is 24.8. The second-order valence-electron chi connectivity index (χ2n) is 7.32. The molecule has 0 atom stereocenters. The van der Waals surface area contributed by atoms with Gasteiger partial charge in [-0.15, -0.1) is 11.3 Å². The molecule has 0 radical (unpaired) electrons. The molecule has 1 heterocycles. The van der Waals surface area contributed by atoms with E-state index in [1.807, 2.05) is 11.4 Å². The van der Waals surface area contributed by atoms with Crippen molar-refractivity contribution >= 4 is 52.0 Å². The maximum absolute atomic E-state index is 12.3. The van der Waals surface area contributed by atoms with E-state index in [2.05, 4.69) is 11.1 Å². The Kier molecular flexibility index (Phi) is 7.84. The number of nitrogens with zero attached hydrogens (tertiary/aromatic N) is 2. The lowest BCUT2D eigenvalue weighted by Crippen LogP contribution is -2.11. The van der Waals surface area contributed by atoms with Gasteiger partial charge in [0.25, 0.3) is 0 Å². The van der Waals surface area contributed by atoms with Crippen LogP contribution in [0.2, 0.25) is 10.0 Å². The van der Waals surface area contributed by atoms with Crippen LogP contribution in [0.3, 0.4) is 0 Å². The topological polar surface area (TPSA) is 72.2 Å². The van der Waals surface area contributed by atoms with Crippen LogP contribution in [0.1, 0.15) is 20.9 Å². The number of benzene rings is 3. The predicted molar refractivity (Wildman–Crippen MR) is 140 cm³/mol. The number of carbonyl (C=O) groups excluding carboxylic acids is 1. The first-order valence-corrected chi connectivity index (χ1v) is 12.0. The molecule has 0 fully saturated rings. The van der Waals surface area contributed by atoms with E-state index in [0.717, 1.165) is 11.1 Å². The number of hydrogen-bond acceptors (Lipinski definition) is 6. The molecule has 0 unspecified atom stereocenters. The van der Waals surface area contributed by atoms with E-state index in [4.69, 9.17) is 32.7 Å². The Balaban J connectivity index is 1.54. The Labute approximate surface area is 216 Å². The van der Waals surface area contributed by atoms with Crippen molar-refractivity contribution in [2.75, 3.05) is 13.7 Å². The summed E-state index contributed by atoms with van der Waals surface area (Å²) in [7, 11) is 1.52. The Hall–Kier alpha value is -3.63. The van der Waals surface area contributed by atoms with Crippen LogP contribution < -0.4 is 9.47 Å². The summed E-state index contributed by atoms with van der Waals surface area (Å²) < 4.78 is 11.1. The van der Waals surface area contributed by atoms with Gasteiger partial charge in [0.05, 0.1) is 23.4 Å². The highest BCUT2D eigenvalue weighted by molar-refractivity contribution is 7.11. The molecule has 174 valence electrons. The number of nitriles is 1. The fourth-order valence-corrected chi connectivity index (χ4v) is 4.56. The number of allylic oxidation sites excluding steroid dienone is 1. The van der Waals surface area contributed by atoms with Crippen LogP contribution >= 0.6 is 34.5 Å². The van der Waals surface area contributed by atoms with E-state index in [9.17, 15) is 10.1 Å². The molecule has 0 aliphatic carbocycles. The van der Waals surface area contributed by atoms with Crippen molar-refractivity contribution in [3.05, 3.63) is 98.3 Å². The summed E-state index contributed by atoms with van der Waals surface area (Å²) in [4.78, 5) is 16.9. The van der Waals surface area contributed by atoms with Crippen LogP contribution in [0.5, 0.6) is 11.5 Å². The van der Waals surface area contributed by atoms with Gasteiger partial charge in [-0.1, -0.05) is 59.6 Å². The lowest BCUT2D eigenvalue weighted by atomic mass is 10.1. The number of aromatic nitrogens is 1. The smallest absolute Gasteiger partial charge is 0.200 e. The van der Waals surface area contributed by atoms with Gasteiger partial charge in [0.2, 0.25) is 0 Å². The number of carbonyl (C=O) groups is 1. The molecule has 0 bridgehead atoms. The van der Waals surface area contributed by atoms with Crippen molar-refractivity contribution in [1.29, 1.82) is 5.26 Å². The summed E-state index contributed by atoms with van der Waals surface area (Å²) in [5.41, 5.74) is 3.09. The fourth-order valence-electron chi connectivity index (χ4n) is 3.27. The molecule has 3 aromatic carbocycles. The highest BCUT2D eigenvalue weighted by atomic mass is 35.5. The first kappa shape index (κ1) is 24.5. The predicted octanol–water partition coefficient (Wildman–Crippen LogP) is 7.45. The van der Waals surface area contributed by atoms with E-state index < -0.39 is 0 Å². The largest absolute Gasteiger partial charge is 0.493 e. The summed E-state index contributed by atoms with van der Waals surface area (Å²) in [6, 6.07) is 21.6. The molecule has 4 aromatic rings. The lowest BCUT2D eigenvalue weighted by Gasteiger charge is -2.11. The number of ether oxygens (including phenoxy) is 2. The van der Waals surface area contributed by atoms with Gasteiger partial charge in [0.1, 0.15) is 11.1 Å². The Morgan fingerprint density at radius 3 is 2.60 bits per heavy atom. The van der Waals surface area contributed by atoms with Gasteiger partial charge in [0.15, 0.2) is 23.9 Å². The Morgan fingerprint density at radius 1 is 1.09 bits per heavy atom. The zero-order valence-electron chi connectivity index (χ0n) is 18.5. The molecule has 4 rings (SSSR count). The normalized spacial score (nSPS) is 11.1. The second kappa shape index (κ2) is 11.2. The summed E-state index contributed by atoms with van der Waals surface area (Å²) in [5.74, 6) is 0.745. The summed E-state index contributed by atoms with van der Waals surface area (Å²) in [6.07, 6.45) is 1.72. The highest BCUT2D eigenvalue weighted by Crippen LogP contribution is 2.34. The van der Waals surface area contributed by atoms with Gasteiger partial charge >= 0.3 is 0 Å².